The summed E-state index contributed by atoms with van der Waals surface area (Å²) in [6.45, 7) is 1.43. The van der Waals surface area contributed by atoms with Gasteiger partial charge in [-0.3, -0.25) is 0 Å². The maximum atomic E-state index is 14.7. The first-order valence-electron chi connectivity index (χ1n) is 9.74. The molecule has 0 aliphatic carbocycles. The minimum Gasteiger partial charge on any atom is -0.382 e. The van der Waals surface area contributed by atoms with E-state index in [-0.39, 0.29) is 23.5 Å². The largest absolute Gasteiger partial charge is 0.416 e. The summed E-state index contributed by atoms with van der Waals surface area (Å²) in [4.78, 5) is 8.11. The molecular weight excluding hydrogens is 497 g/mol. The van der Waals surface area contributed by atoms with Crippen molar-refractivity contribution in [3.63, 3.8) is 0 Å². The quantitative estimate of drug-likeness (QED) is 0.272. The zero-order valence-electron chi connectivity index (χ0n) is 17.4. The molecule has 13 heteroatoms. The first-order valence-corrected chi connectivity index (χ1v) is 11.4. The Morgan fingerprint density at radius 2 is 1.94 bits per heavy atom. The van der Waals surface area contributed by atoms with Crippen molar-refractivity contribution in [3.05, 3.63) is 77.9 Å². The zero-order valence-corrected chi connectivity index (χ0v) is 19.0. The molecule has 0 radical (unpaired) electrons. The molecule has 2 heterocycles. The number of aliphatic hydroxyl groups is 1. The van der Waals surface area contributed by atoms with Crippen LogP contribution in [0.2, 0.25) is 0 Å². The van der Waals surface area contributed by atoms with Gasteiger partial charge in [-0.2, -0.15) is 22.6 Å². The minimum absolute atomic E-state index is 0.0959. The van der Waals surface area contributed by atoms with Gasteiger partial charge in [-0.15, -0.1) is 0 Å². The standard InChI is InChI=1S/C21H16F5N5OS2/c1-12(20(32,9-31-11-27-10-28-31)16-6-5-15(22)8-17(16)23)33-19-29-18(30-34-19)13-3-2-4-14(7-13)21(24,25)26/h2-8,10-12,32H,9H2,1H3/t12-,20?/m1/s1. The van der Waals surface area contributed by atoms with Gasteiger partial charge in [0.05, 0.1) is 12.1 Å². The molecule has 4 aromatic rings. The van der Waals surface area contributed by atoms with Gasteiger partial charge in [0.15, 0.2) is 10.2 Å². The van der Waals surface area contributed by atoms with Crippen LogP contribution in [0.4, 0.5) is 22.0 Å². The van der Waals surface area contributed by atoms with Crippen LogP contribution < -0.4 is 0 Å². The first-order chi connectivity index (χ1) is 16.1. The Bertz CT molecular complexity index is 1280. The van der Waals surface area contributed by atoms with Gasteiger partial charge in [0.25, 0.3) is 0 Å². The molecule has 34 heavy (non-hydrogen) atoms. The van der Waals surface area contributed by atoms with Gasteiger partial charge < -0.3 is 5.11 Å². The van der Waals surface area contributed by atoms with E-state index in [1.165, 1.54) is 29.5 Å². The van der Waals surface area contributed by atoms with Crippen molar-refractivity contribution in [1.82, 2.24) is 24.1 Å². The fourth-order valence-electron chi connectivity index (χ4n) is 3.29. The summed E-state index contributed by atoms with van der Waals surface area (Å²) in [7, 11) is 0. The Labute approximate surface area is 198 Å². The summed E-state index contributed by atoms with van der Waals surface area (Å²) < 4.78 is 73.0. The van der Waals surface area contributed by atoms with E-state index in [1.54, 1.807) is 6.92 Å². The Kier molecular flexibility index (Phi) is 6.69. The third-order valence-corrected chi connectivity index (χ3v) is 7.13. The minimum atomic E-state index is -4.50. The van der Waals surface area contributed by atoms with Gasteiger partial charge in [-0.1, -0.05) is 30.0 Å². The molecule has 4 rings (SSSR count). The predicted octanol–water partition coefficient (Wildman–Crippen LogP) is 5.16. The van der Waals surface area contributed by atoms with Crippen LogP contribution in [0.5, 0.6) is 0 Å². The Hall–Kier alpha value is -2.90. The molecule has 2 aromatic heterocycles. The highest BCUT2D eigenvalue weighted by Gasteiger charge is 2.40. The number of rotatable bonds is 7. The average molecular weight is 514 g/mol. The summed E-state index contributed by atoms with van der Waals surface area (Å²) in [6, 6.07) is 7.51. The van der Waals surface area contributed by atoms with E-state index < -0.39 is 34.2 Å². The van der Waals surface area contributed by atoms with Crippen LogP contribution in [0.15, 0.2) is 59.5 Å². The molecule has 0 amide bonds. The van der Waals surface area contributed by atoms with Crippen molar-refractivity contribution in [2.24, 2.45) is 0 Å². The molecule has 1 unspecified atom stereocenters. The van der Waals surface area contributed by atoms with E-state index in [0.29, 0.717) is 10.4 Å². The van der Waals surface area contributed by atoms with Gasteiger partial charge in [0.1, 0.15) is 29.9 Å². The second-order valence-electron chi connectivity index (χ2n) is 7.36. The summed E-state index contributed by atoms with van der Waals surface area (Å²) in [5, 5.41) is 14.8. The third-order valence-electron chi connectivity index (χ3n) is 5.07. The topological polar surface area (TPSA) is 76.7 Å². The highest BCUT2D eigenvalue weighted by molar-refractivity contribution is 8.01. The molecule has 0 saturated carbocycles. The lowest BCUT2D eigenvalue weighted by Crippen LogP contribution is -2.41. The highest BCUT2D eigenvalue weighted by Crippen LogP contribution is 2.40. The molecule has 0 aliphatic heterocycles. The SMILES string of the molecule is C[C@@H](Sc1nc(-c2cccc(C(F)(F)F)c2)ns1)C(O)(Cn1cncn1)c1ccc(F)cc1F. The number of halogens is 5. The molecule has 0 aliphatic rings. The summed E-state index contributed by atoms with van der Waals surface area (Å²) in [5.74, 6) is -1.63. The van der Waals surface area contributed by atoms with Gasteiger partial charge >= 0.3 is 6.18 Å². The number of nitrogens with zero attached hydrogens (tertiary/aromatic N) is 5. The normalized spacial score (nSPS) is 14.7. The number of hydrogen-bond acceptors (Lipinski definition) is 7. The fraction of sp³-hybridized carbons (Fsp3) is 0.238. The molecule has 2 atom stereocenters. The van der Waals surface area contributed by atoms with E-state index in [9.17, 15) is 27.1 Å². The second-order valence-corrected chi connectivity index (χ2v) is 9.70. The number of aromatic nitrogens is 5. The molecule has 0 fully saturated rings. The van der Waals surface area contributed by atoms with E-state index in [1.807, 2.05) is 0 Å². The number of hydrogen-bond donors (Lipinski definition) is 1. The second kappa shape index (κ2) is 9.39. The van der Waals surface area contributed by atoms with Crippen molar-refractivity contribution in [2.45, 2.75) is 34.8 Å². The first kappa shape index (κ1) is 24.2. The summed E-state index contributed by atoms with van der Waals surface area (Å²) in [5.41, 5.74) is -2.64. The van der Waals surface area contributed by atoms with Crippen molar-refractivity contribution in [2.75, 3.05) is 0 Å². The van der Waals surface area contributed by atoms with Crippen LogP contribution >= 0.6 is 23.3 Å². The lowest BCUT2D eigenvalue weighted by molar-refractivity contribution is -0.137. The molecule has 2 aromatic carbocycles. The van der Waals surface area contributed by atoms with E-state index in [4.69, 9.17) is 0 Å². The van der Waals surface area contributed by atoms with Crippen LogP contribution in [0.3, 0.4) is 0 Å². The maximum Gasteiger partial charge on any atom is 0.416 e. The maximum absolute atomic E-state index is 14.7. The zero-order chi connectivity index (χ0) is 24.5. The lowest BCUT2D eigenvalue weighted by Gasteiger charge is -2.33. The fourth-order valence-corrected chi connectivity index (χ4v) is 5.29. The van der Waals surface area contributed by atoms with Gasteiger partial charge in [0, 0.05) is 22.4 Å². The number of benzene rings is 2. The molecule has 178 valence electrons. The van der Waals surface area contributed by atoms with Crippen LogP contribution in [-0.2, 0) is 18.3 Å². The average Bonchev–Trinajstić information content (AvgIpc) is 3.45. The molecule has 1 N–H and O–H groups in total. The third kappa shape index (κ3) is 5.10. The predicted molar refractivity (Wildman–Crippen MR) is 116 cm³/mol. The summed E-state index contributed by atoms with van der Waals surface area (Å²) in [6.07, 6.45) is -1.90. The number of alkyl halides is 3. The lowest BCUT2D eigenvalue weighted by atomic mass is 9.90. The van der Waals surface area contributed by atoms with Gasteiger partial charge in [-0.05, 0) is 36.7 Å². The monoisotopic (exact) mass is 513 g/mol. The van der Waals surface area contributed by atoms with Crippen molar-refractivity contribution in [3.8, 4) is 11.4 Å². The summed E-state index contributed by atoms with van der Waals surface area (Å²) >= 11 is 1.99. The van der Waals surface area contributed by atoms with E-state index in [0.717, 1.165) is 47.6 Å². The van der Waals surface area contributed by atoms with Crippen LogP contribution in [0.25, 0.3) is 11.4 Å². The molecule has 0 bridgehead atoms. The molecular formula is C21H16F5N5OS2. The molecule has 6 nitrogen and oxygen atoms in total. The molecule has 0 spiro atoms. The van der Waals surface area contributed by atoms with Crippen LogP contribution in [0.1, 0.15) is 18.1 Å². The van der Waals surface area contributed by atoms with E-state index in [2.05, 4.69) is 19.4 Å². The Morgan fingerprint density at radius 3 is 2.62 bits per heavy atom. The van der Waals surface area contributed by atoms with Gasteiger partial charge in [-0.25, -0.2) is 23.4 Å². The van der Waals surface area contributed by atoms with Crippen molar-refractivity contribution >= 4 is 23.3 Å². The molecule has 0 saturated heterocycles. The Balaban J connectivity index is 1.63. The smallest absolute Gasteiger partial charge is 0.382 e. The van der Waals surface area contributed by atoms with Crippen LogP contribution in [-0.4, -0.2) is 34.5 Å². The highest BCUT2D eigenvalue weighted by atomic mass is 32.2. The van der Waals surface area contributed by atoms with Crippen LogP contribution in [0, 0.1) is 11.6 Å². The van der Waals surface area contributed by atoms with E-state index >= 15 is 0 Å². The number of thioether (sulfide) groups is 1. The van der Waals surface area contributed by atoms with Crippen molar-refractivity contribution < 1.29 is 27.1 Å². The van der Waals surface area contributed by atoms with Gasteiger partial charge in [0.2, 0.25) is 0 Å². The Morgan fingerprint density at radius 1 is 1.15 bits per heavy atom. The van der Waals surface area contributed by atoms with Crippen molar-refractivity contribution in [1.29, 1.82) is 0 Å².